The lowest BCUT2D eigenvalue weighted by atomic mass is 9.87. The van der Waals surface area contributed by atoms with E-state index >= 15 is 0 Å². The Balaban J connectivity index is 2.35. The molecule has 1 aliphatic rings. The number of carbonyl (C=O) groups is 3. The van der Waals surface area contributed by atoms with Crippen molar-refractivity contribution in [2.24, 2.45) is 11.8 Å². The first-order valence-electron chi connectivity index (χ1n) is 9.16. The van der Waals surface area contributed by atoms with E-state index in [-0.39, 0.29) is 23.6 Å². The van der Waals surface area contributed by atoms with Crippen molar-refractivity contribution in [3.8, 4) is 0 Å². The second-order valence-corrected chi connectivity index (χ2v) is 7.24. The summed E-state index contributed by atoms with van der Waals surface area (Å²) in [6, 6.07) is -1.24. The highest BCUT2D eigenvalue weighted by Crippen LogP contribution is 2.25. The van der Waals surface area contributed by atoms with Gasteiger partial charge in [-0.15, -0.1) is 0 Å². The summed E-state index contributed by atoms with van der Waals surface area (Å²) >= 11 is 0. The van der Waals surface area contributed by atoms with E-state index in [0.29, 0.717) is 12.5 Å². The monoisotopic (exact) mass is 339 g/mol. The minimum atomic E-state index is -0.625. The molecule has 1 fully saturated rings. The molecule has 0 aromatic rings. The molecule has 0 aromatic carbocycles. The Morgan fingerprint density at radius 3 is 2.12 bits per heavy atom. The third-order valence-corrected chi connectivity index (χ3v) is 4.64. The second kappa shape index (κ2) is 10.3. The maximum absolute atomic E-state index is 12.3. The zero-order valence-corrected chi connectivity index (χ0v) is 15.5. The molecule has 1 rings (SSSR count). The van der Waals surface area contributed by atoms with Crippen molar-refractivity contribution in [3.63, 3.8) is 0 Å². The van der Waals surface area contributed by atoms with E-state index in [1.165, 1.54) is 39.0 Å². The van der Waals surface area contributed by atoms with Gasteiger partial charge in [-0.05, 0) is 25.2 Å². The van der Waals surface area contributed by atoms with Crippen molar-refractivity contribution in [1.29, 1.82) is 0 Å². The topological polar surface area (TPSA) is 87.3 Å². The number of nitrogens with one attached hydrogen (secondary N) is 3. The Kier molecular flexibility index (Phi) is 8.79. The first-order valence-corrected chi connectivity index (χ1v) is 9.16. The van der Waals surface area contributed by atoms with Crippen LogP contribution in [0.25, 0.3) is 0 Å². The molecular weight excluding hydrogens is 306 g/mol. The Labute approximate surface area is 145 Å². The molecule has 2 atom stereocenters. The van der Waals surface area contributed by atoms with Crippen molar-refractivity contribution in [1.82, 2.24) is 16.0 Å². The van der Waals surface area contributed by atoms with Gasteiger partial charge in [0.05, 0.1) is 0 Å². The fourth-order valence-electron chi connectivity index (χ4n) is 3.15. The summed E-state index contributed by atoms with van der Waals surface area (Å²) in [5.41, 5.74) is 0. The van der Waals surface area contributed by atoms with Crippen molar-refractivity contribution < 1.29 is 14.4 Å². The van der Waals surface area contributed by atoms with Gasteiger partial charge in [0.15, 0.2) is 0 Å². The quantitative estimate of drug-likeness (QED) is 0.629. The third-order valence-electron chi connectivity index (χ3n) is 4.64. The van der Waals surface area contributed by atoms with E-state index in [1.54, 1.807) is 6.92 Å². The molecule has 1 aliphatic carbocycles. The average Bonchev–Trinajstić information content (AvgIpc) is 2.52. The first kappa shape index (κ1) is 20.5. The molecule has 6 nitrogen and oxygen atoms in total. The largest absolute Gasteiger partial charge is 0.354 e. The van der Waals surface area contributed by atoms with Crippen LogP contribution in [0.1, 0.15) is 66.2 Å². The van der Waals surface area contributed by atoms with Crippen LogP contribution >= 0.6 is 0 Å². The van der Waals surface area contributed by atoms with Crippen LogP contribution in [-0.4, -0.2) is 36.3 Å². The number of rotatable bonds is 8. The summed E-state index contributed by atoms with van der Waals surface area (Å²) in [7, 11) is 0. The van der Waals surface area contributed by atoms with Crippen LogP contribution in [0.4, 0.5) is 0 Å². The van der Waals surface area contributed by atoms with E-state index < -0.39 is 12.1 Å². The van der Waals surface area contributed by atoms with Crippen LogP contribution in [0, 0.1) is 11.8 Å². The molecule has 0 bridgehead atoms. The molecule has 1 saturated carbocycles. The fraction of sp³-hybridized carbons (Fsp3) is 0.833. The van der Waals surface area contributed by atoms with Crippen molar-refractivity contribution in [3.05, 3.63) is 0 Å². The summed E-state index contributed by atoms with van der Waals surface area (Å²) in [4.78, 5) is 35.6. The summed E-state index contributed by atoms with van der Waals surface area (Å²) in [5.74, 6) is -0.0856. The molecule has 0 unspecified atom stereocenters. The van der Waals surface area contributed by atoms with E-state index in [9.17, 15) is 14.4 Å². The Bertz CT molecular complexity index is 431. The van der Waals surface area contributed by atoms with Gasteiger partial charge >= 0.3 is 0 Å². The maximum Gasteiger partial charge on any atom is 0.243 e. The van der Waals surface area contributed by atoms with Gasteiger partial charge < -0.3 is 16.0 Å². The second-order valence-electron chi connectivity index (χ2n) is 7.24. The third kappa shape index (κ3) is 7.32. The van der Waals surface area contributed by atoms with Gasteiger partial charge in [-0.3, -0.25) is 14.4 Å². The van der Waals surface area contributed by atoms with Crippen LogP contribution in [0.2, 0.25) is 0 Å². The van der Waals surface area contributed by atoms with Gasteiger partial charge in [0.2, 0.25) is 17.7 Å². The minimum Gasteiger partial charge on any atom is -0.354 e. The van der Waals surface area contributed by atoms with Crippen LogP contribution in [0.3, 0.4) is 0 Å². The summed E-state index contributed by atoms with van der Waals surface area (Å²) in [6.07, 6.45) is 7.45. The minimum absolute atomic E-state index is 0.0459. The van der Waals surface area contributed by atoms with Gasteiger partial charge in [0.1, 0.15) is 12.1 Å². The molecule has 138 valence electrons. The lowest BCUT2D eigenvalue weighted by Crippen LogP contribution is -2.54. The molecule has 0 saturated heterocycles. The molecule has 6 heteroatoms. The van der Waals surface area contributed by atoms with Gasteiger partial charge in [0, 0.05) is 13.5 Å². The van der Waals surface area contributed by atoms with E-state index in [0.717, 1.165) is 6.42 Å². The number of carbonyl (C=O) groups excluding carboxylic acids is 3. The zero-order chi connectivity index (χ0) is 18.1. The summed E-state index contributed by atoms with van der Waals surface area (Å²) in [6.45, 7) is 7.41. The van der Waals surface area contributed by atoms with E-state index in [4.69, 9.17) is 0 Å². The number of hydrogen-bond acceptors (Lipinski definition) is 3. The molecule has 0 spiro atoms. The molecule has 0 heterocycles. The van der Waals surface area contributed by atoms with Gasteiger partial charge in [-0.2, -0.15) is 0 Å². The summed E-state index contributed by atoms with van der Waals surface area (Å²) in [5, 5.41) is 8.22. The maximum atomic E-state index is 12.3. The molecule has 0 aromatic heterocycles. The van der Waals surface area contributed by atoms with Gasteiger partial charge in [0.25, 0.3) is 0 Å². The highest BCUT2D eigenvalue weighted by atomic mass is 16.2. The molecular formula is C18H33N3O3. The highest BCUT2D eigenvalue weighted by Gasteiger charge is 2.26. The molecule has 0 aliphatic heterocycles. The van der Waals surface area contributed by atoms with Crippen LogP contribution in [0.15, 0.2) is 0 Å². The number of hydrogen-bond donors (Lipinski definition) is 3. The molecule has 3 amide bonds. The van der Waals surface area contributed by atoms with E-state index in [1.807, 2.05) is 13.8 Å². The summed E-state index contributed by atoms with van der Waals surface area (Å²) < 4.78 is 0. The lowest BCUT2D eigenvalue weighted by Gasteiger charge is -2.24. The Morgan fingerprint density at radius 2 is 1.58 bits per heavy atom. The van der Waals surface area contributed by atoms with Gasteiger partial charge in [-0.1, -0.05) is 46.0 Å². The highest BCUT2D eigenvalue weighted by molar-refractivity contribution is 5.91. The van der Waals surface area contributed by atoms with Crippen molar-refractivity contribution in [2.75, 3.05) is 6.54 Å². The molecule has 24 heavy (non-hydrogen) atoms. The van der Waals surface area contributed by atoms with Crippen LogP contribution in [-0.2, 0) is 14.4 Å². The molecule has 0 radical (unpaired) electrons. The fourth-order valence-corrected chi connectivity index (χ4v) is 3.15. The average molecular weight is 339 g/mol. The van der Waals surface area contributed by atoms with Crippen molar-refractivity contribution in [2.45, 2.75) is 78.3 Å². The Hall–Kier alpha value is -1.59. The van der Waals surface area contributed by atoms with E-state index in [2.05, 4.69) is 16.0 Å². The predicted octanol–water partition coefficient (Wildman–Crippen LogP) is 1.74. The van der Waals surface area contributed by atoms with Crippen molar-refractivity contribution >= 4 is 17.7 Å². The van der Waals surface area contributed by atoms with Crippen LogP contribution < -0.4 is 16.0 Å². The SMILES string of the molecule is CC(=O)N[C@H](C(=O)N[C@H](C)C(=O)NCCC1CCCCC1)C(C)C. The van der Waals surface area contributed by atoms with Crippen LogP contribution in [0.5, 0.6) is 0 Å². The molecule has 3 N–H and O–H groups in total. The smallest absolute Gasteiger partial charge is 0.243 e. The van der Waals surface area contributed by atoms with Gasteiger partial charge in [-0.25, -0.2) is 0 Å². The Morgan fingerprint density at radius 1 is 0.958 bits per heavy atom. The first-order chi connectivity index (χ1) is 11.3. The lowest BCUT2D eigenvalue weighted by molar-refractivity contribution is -0.132. The zero-order valence-electron chi connectivity index (χ0n) is 15.5. The predicted molar refractivity (Wildman–Crippen MR) is 94.2 cm³/mol. The number of amides is 3. The normalized spacial score (nSPS) is 17.9. The standard InChI is InChI=1S/C18H33N3O3/c1-12(2)16(21-14(4)22)18(24)20-13(3)17(23)19-11-10-15-8-6-5-7-9-15/h12-13,15-16H,5-11H2,1-4H3,(H,19,23)(H,20,24)(H,21,22)/t13-,16+/m1/s1.